The summed E-state index contributed by atoms with van der Waals surface area (Å²) in [6, 6.07) is 12.6. The van der Waals surface area contributed by atoms with Crippen molar-refractivity contribution in [3.63, 3.8) is 0 Å². The Labute approximate surface area is 122 Å². The predicted octanol–water partition coefficient (Wildman–Crippen LogP) is 4.45. The van der Waals surface area contributed by atoms with Crippen LogP contribution in [0.1, 0.15) is 15.9 Å². The van der Waals surface area contributed by atoms with Crippen molar-refractivity contribution >= 4 is 37.6 Å². The fourth-order valence-corrected chi connectivity index (χ4v) is 2.38. The lowest BCUT2D eigenvalue weighted by Gasteiger charge is -2.06. The van der Waals surface area contributed by atoms with Crippen molar-refractivity contribution in [1.29, 1.82) is 0 Å². The molecule has 0 atom stereocenters. The largest absolute Gasteiger partial charge is 0.497 e. The number of rotatable bonds is 3. The molecule has 4 heteroatoms. The first-order valence-electron chi connectivity index (χ1n) is 5.25. The van der Waals surface area contributed by atoms with Crippen LogP contribution in [0.25, 0.3) is 0 Å². The number of carbonyl (C=O) groups excluding carboxylic acids is 1. The Morgan fingerprint density at radius 1 is 1.11 bits per heavy atom. The van der Waals surface area contributed by atoms with E-state index in [0.717, 1.165) is 8.95 Å². The number of benzene rings is 2. The van der Waals surface area contributed by atoms with Gasteiger partial charge in [0.05, 0.1) is 7.11 Å². The summed E-state index contributed by atoms with van der Waals surface area (Å²) in [5, 5.41) is 0. The molecule has 0 fully saturated rings. The number of methoxy groups -OCH3 is 1. The van der Waals surface area contributed by atoms with E-state index in [1.807, 2.05) is 18.2 Å². The van der Waals surface area contributed by atoms with Gasteiger partial charge >= 0.3 is 0 Å². The maximum Gasteiger partial charge on any atom is 0.194 e. The zero-order valence-electron chi connectivity index (χ0n) is 9.61. The Balaban J connectivity index is 2.44. The van der Waals surface area contributed by atoms with Crippen molar-refractivity contribution in [2.75, 3.05) is 7.11 Å². The SMILES string of the molecule is COc1cccc(C(=O)c2cc(Br)ccc2Br)c1. The molecule has 0 aliphatic carbocycles. The highest BCUT2D eigenvalue weighted by molar-refractivity contribution is 9.11. The smallest absolute Gasteiger partial charge is 0.194 e. The van der Waals surface area contributed by atoms with Crippen molar-refractivity contribution in [3.8, 4) is 5.75 Å². The summed E-state index contributed by atoms with van der Waals surface area (Å²) in [4.78, 5) is 12.4. The molecule has 0 N–H and O–H groups in total. The predicted molar refractivity (Wildman–Crippen MR) is 78.3 cm³/mol. The molecule has 2 rings (SSSR count). The van der Waals surface area contributed by atoms with Gasteiger partial charge < -0.3 is 4.74 Å². The molecule has 2 aromatic carbocycles. The zero-order chi connectivity index (χ0) is 13.1. The van der Waals surface area contributed by atoms with Crippen molar-refractivity contribution < 1.29 is 9.53 Å². The molecule has 0 aromatic heterocycles. The van der Waals surface area contributed by atoms with Crippen molar-refractivity contribution in [2.24, 2.45) is 0 Å². The van der Waals surface area contributed by atoms with Crippen LogP contribution in [0.3, 0.4) is 0 Å². The molecular formula is C14H10Br2O2. The normalized spacial score (nSPS) is 10.2. The van der Waals surface area contributed by atoms with Gasteiger partial charge in [0.25, 0.3) is 0 Å². The van der Waals surface area contributed by atoms with Gasteiger partial charge in [0, 0.05) is 20.1 Å². The number of carbonyl (C=O) groups is 1. The quantitative estimate of drug-likeness (QED) is 0.747. The highest BCUT2D eigenvalue weighted by Gasteiger charge is 2.13. The van der Waals surface area contributed by atoms with Crippen molar-refractivity contribution in [3.05, 3.63) is 62.5 Å². The van der Waals surface area contributed by atoms with Crippen LogP contribution in [0.2, 0.25) is 0 Å². The van der Waals surface area contributed by atoms with Crippen molar-refractivity contribution in [2.45, 2.75) is 0 Å². The van der Waals surface area contributed by atoms with Crippen LogP contribution in [-0.4, -0.2) is 12.9 Å². The monoisotopic (exact) mass is 368 g/mol. The summed E-state index contributed by atoms with van der Waals surface area (Å²) in [6.07, 6.45) is 0. The highest BCUT2D eigenvalue weighted by atomic mass is 79.9. The molecular weight excluding hydrogens is 360 g/mol. The molecule has 2 nitrogen and oxygen atoms in total. The third-order valence-corrected chi connectivity index (χ3v) is 3.69. The molecule has 0 saturated carbocycles. The average molecular weight is 370 g/mol. The Morgan fingerprint density at radius 2 is 1.89 bits per heavy atom. The van der Waals surface area contributed by atoms with Gasteiger partial charge in [-0.15, -0.1) is 0 Å². The van der Waals surface area contributed by atoms with E-state index in [1.54, 1.807) is 31.4 Å². The molecule has 0 radical (unpaired) electrons. The molecule has 92 valence electrons. The van der Waals surface area contributed by atoms with Gasteiger partial charge in [-0.25, -0.2) is 0 Å². The lowest BCUT2D eigenvalue weighted by molar-refractivity contribution is 0.103. The Morgan fingerprint density at radius 3 is 2.61 bits per heavy atom. The summed E-state index contributed by atoms with van der Waals surface area (Å²) < 4.78 is 6.77. The molecule has 0 bridgehead atoms. The Kier molecular flexibility index (Phi) is 4.19. The van der Waals surface area contributed by atoms with Crippen LogP contribution in [0.5, 0.6) is 5.75 Å². The Bertz CT molecular complexity index is 594. The van der Waals surface area contributed by atoms with E-state index < -0.39 is 0 Å². The third kappa shape index (κ3) is 2.82. The van der Waals surface area contributed by atoms with E-state index in [-0.39, 0.29) is 5.78 Å². The van der Waals surface area contributed by atoms with E-state index in [9.17, 15) is 4.79 Å². The van der Waals surface area contributed by atoms with Gasteiger partial charge in [-0.3, -0.25) is 4.79 Å². The average Bonchev–Trinajstić information content (AvgIpc) is 2.41. The lowest BCUT2D eigenvalue weighted by atomic mass is 10.0. The van der Waals surface area contributed by atoms with Gasteiger partial charge in [-0.2, -0.15) is 0 Å². The molecule has 18 heavy (non-hydrogen) atoms. The lowest BCUT2D eigenvalue weighted by Crippen LogP contribution is -2.02. The van der Waals surface area contributed by atoms with Crippen LogP contribution < -0.4 is 4.74 Å². The first kappa shape index (κ1) is 13.3. The van der Waals surface area contributed by atoms with Crippen LogP contribution in [-0.2, 0) is 0 Å². The second kappa shape index (κ2) is 5.67. The van der Waals surface area contributed by atoms with E-state index >= 15 is 0 Å². The minimum atomic E-state index is -0.0397. The van der Waals surface area contributed by atoms with E-state index in [1.165, 1.54) is 0 Å². The van der Waals surface area contributed by atoms with Gasteiger partial charge in [-0.05, 0) is 30.3 Å². The summed E-state index contributed by atoms with van der Waals surface area (Å²) in [6.45, 7) is 0. The molecule has 0 saturated heterocycles. The first-order valence-corrected chi connectivity index (χ1v) is 6.84. The number of ether oxygens (including phenoxy) is 1. The molecule has 0 aliphatic heterocycles. The number of halogens is 2. The number of ketones is 1. The van der Waals surface area contributed by atoms with Crippen LogP contribution >= 0.6 is 31.9 Å². The van der Waals surface area contributed by atoms with Gasteiger partial charge in [0.2, 0.25) is 0 Å². The van der Waals surface area contributed by atoms with Crippen LogP contribution in [0, 0.1) is 0 Å². The second-order valence-electron chi connectivity index (χ2n) is 3.69. The van der Waals surface area contributed by atoms with Crippen molar-refractivity contribution in [1.82, 2.24) is 0 Å². The van der Waals surface area contributed by atoms with E-state index in [4.69, 9.17) is 4.74 Å². The number of hydrogen-bond donors (Lipinski definition) is 0. The molecule has 0 aliphatic rings. The Hall–Kier alpha value is -1.13. The van der Waals surface area contributed by atoms with Gasteiger partial charge in [0.1, 0.15) is 5.75 Å². The molecule has 0 amide bonds. The topological polar surface area (TPSA) is 26.3 Å². The van der Waals surface area contributed by atoms with E-state index in [2.05, 4.69) is 31.9 Å². The van der Waals surface area contributed by atoms with Gasteiger partial charge in [-0.1, -0.05) is 44.0 Å². The number of hydrogen-bond acceptors (Lipinski definition) is 2. The summed E-state index contributed by atoms with van der Waals surface area (Å²) in [5.41, 5.74) is 1.23. The highest BCUT2D eigenvalue weighted by Crippen LogP contribution is 2.25. The standard InChI is InChI=1S/C14H10Br2O2/c1-18-11-4-2-3-9(7-11)14(17)12-8-10(15)5-6-13(12)16/h2-8H,1H3. The molecule has 2 aromatic rings. The second-order valence-corrected chi connectivity index (χ2v) is 5.46. The molecule has 0 spiro atoms. The maximum absolute atomic E-state index is 12.4. The van der Waals surface area contributed by atoms with Crippen LogP contribution in [0.15, 0.2) is 51.4 Å². The summed E-state index contributed by atoms with van der Waals surface area (Å²) in [5.74, 6) is 0.633. The first-order chi connectivity index (χ1) is 8.61. The minimum Gasteiger partial charge on any atom is -0.497 e. The van der Waals surface area contributed by atoms with E-state index in [0.29, 0.717) is 16.9 Å². The molecule has 0 heterocycles. The molecule has 0 unspecified atom stereocenters. The maximum atomic E-state index is 12.4. The minimum absolute atomic E-state index is 0.0397. The summed E-state index contributed by atoms with van der Waals surface area (Å²) >= 11 is 6.76. The van der Waals surface area contributed by atoms with Gasteiger partial charge in [0.15, 0.2) is 5.78 Å². The fraction of sp³-hybridized carbons (Fsp3) is 0.0714. The third-order valence-electron chi connectivity index (χ3n) is 2.50. The zero-order valence-corrected chi connectivity index (χ0v) is 12.8. The summed E-state index contributed by atoms with van der Waals surface area (Å²) in [7, 11) is 1.58. The van der Waals surface area contributed by atoms with Crippen LogP contribution in [0.4, 0.5) is 0 Å². The fourth-order valence-electron chi connectivity index (χ4n) is 1.59.